The first kappa shape index (κ1) is 47.3. The molecule has 4 aromatic rings. The third-order valence-corrected chi connectivity index (χ3v) is 12.4. The molecule has 2 aliphatic heterocycles. The molecule has 0 aliphatic carbocycles. The summed E-state index contributed by atoms with van der Waals surface area (Å²) in [7, 11) is 1.41. The average molecular weight is 867 g/mol. The van der Waals surface area contributed by atoms with Gasteiger partial charge in [0, 0.05) is 60.1 Å². The van der Waals surface area contributed by atoms with Gasteiger partial charge in [0.05, 0.1) is 38.6 Å². The van der Waals surface area contributed by atoms with E-state index in [1.807, 2.05) is 29.2 Å². The second-order valence-electron chi connectivity index (χ2n) is 13.8. The number of carbonyl (C=O) groups is 2. The van der Waals surface area contributed by atoms with Gasteiger partial charge in [0.1, 0.15) is 12.1 Å². The fourth-order valence-electron chi connectivity index (χ4n) is 6.02. The van der Waals surface area contributed by atoms with Crippen molar-refractivity contribution in [3.8, 4) is 22.5 Å². The van der Waals surface area contributed by atoms with Crippen LogP contribution in [0.1, 0.15) is 37.4 Å². The number of methoxy groups -OCH3 is 1. The third-order valence-electron chi connectivity index (χ3n) is 8.62. The molecule has 0 amide bonds. The monoisotopic (exact) mass is 864 g/mol. The van der Waals surface area contributed by atoms with Gasteiger partial charge in [-0.05, 0) is 48.9 Å². The van der Waals surface area contributed by atoms with Crippen LogP contribution < -0.4 is 39.3 Å². The number of carbonyl (C=O) groups excluding carboxylic acids is 1. The number of aliphatic carboxylic acids is 1. The van der Waals surface area contributed by atoms with Gasteiger partial charge >= 0.3 is 30.8 Å². The Kier molecular flexibility index (Phi) is 18.5. The molecular weight excluding hydrogens is 821 g/mol. The standard InChI is InChI=1S/C19H23Cl2N3O2S.C18H21Cl2N3O2S.Li.H2O/c1-11(2)8-16-17(12-4-5-13(20)14(21)9-12)23-19(27-16)24-7-6-22-15(10-24)18(25)26-3;1-10(2)7-15-16(11-3-4-12(19)13(20)8-11)22-18(26-15)23-6-5-21-14(9-23)17(24)25;;/h4-5,9,11,15,22H,6-8,10H2,1-3H3;3-4,8,10,14,21H,5-7,9H2,1-2H3,(H,24,25);;1H2/q;;+1;/p-1. The molecule has 294 valence electrons. The maximum Gasteiger partial charge on any atom is 1.00 e. The summed E-state index contributed by atoms with van der Waals surface area (Å²) in [6.45, 7) is 12.5. The molecule has 11 nitrogen and oxygen atoms in total. The number of halogens is 4. The molecule has 4 N–H and O–H groups in total. The zero-order valence-corrected chi connectivity index (χ0v) is 36.3. The van der Waals surface area contributed by atoms with Gasteiger partial charge in [0.25, 0.3) is 0 Å². The van der Waals surface area contributed by atoms with Crippen molar-refractivity contribution in [2.24, 2.45) is 11.8 Å². The Morgan fingerprint density at radius 2 is 1.20 bits per heavy atom. The van der Waals surface area contributed by atoms with Crippen LogP contribution in [0, 0.1) is 11.8 Å². The third kappa shape index (κ3) is 12.4. The van der Waals surface area contributed by atoms with Gasteiger partial charge in [-0.15, -0.1) is 22.7 Å². The van der Waals surface area contributed by atoms with Gasteiger partial charge in [-0.2, -0.15) is 0 Å². The molecule has 2 atom stereocenters. The molecule has 4 heterocycles. The van der Waals surface area contributed by atoms with E-state index in [1.165, 1.54) is 16.9 Å². The molecule has 2 aromatic heterocycles. The van der Waals surface area contributed by atoms with Gasteiger partial charge in [-0.3, -0.25) is 9.59 Å². The van der Waals surface area contributed by atoms with Crippen LogP contribution in [0.15, 0.2) is 36.4 Å². The molecule has 2 saturated heterocycles. The Hall–Kier alpha value is -2.12. The van der Waals surface area contributed by atoms with E-state index in [0.717, 1.165) is 58.7 Å². The number of ether oxygens (including phenoxy) is 1. The number of esters is 1. The number of thiazole rings is 2. The number of anilines is 2. The number of nitrogens with zero attached hydrogens (tertiary/aromatic N) is 4. The van der Waals surface area contributed by atoms with E-state index in [2.05, 4.69) is 43.2 Å². The molecule has 0 spiro atoms. The van der Waals surface area contributed by atoms with Crippen LogP contribution in [-0.4, -0.2) is 91.0 Å². The fraction of sp³-hybridized carbons (Fsp3) is 0.459. The Balaban J connectivity index is 0.000000285. The van der Waals surface area contributed by atoms with E-state index in [-0.39, 0.29) is 36.3 Å². The van der Waals surface area contributed by atoms with Crippen LogP contribution in [0.25, 0.3) is 22.5 Å². The zero-order chi connectivity index (χ0) is 38.4. The number of aromatic nitrogens is 2. The molecule has 6 rings (SSSR count). The van der Waals surface area contributed by atoms with Crippen molar-refractivity contribution in [2.45, 2.75) is 52.6 Å². The van der Waals surface area contributed by atoms with Crippen molar-refractivity contribution in [1.29, 1.82) is 0 Å². The van der Waals surface area contributed by atoms with Crippen molar-refractivity contribution in [3.63, 3.8) is 0 Å². The Morgan fingerprint density at radius 3 is 1.58 bits per heavy atom. The fourth-order valence-corrected chi connectivity index (χ4v) is 9.27. The van der Waals surface area contributed by atoms with E-state index < -0.39 is 12.0 Å². The minimum absolute atomic E-state index is 0. The van der Waals surface area contributed by atoms with E-state index in [9.17, 15) is 14.7 Å². The van der Waals surface area contributed by atoms with Gasteiger partial charge in [0.2, 0.25) is 0 Å². The first-order valence-electron chi connectivity index (χ1n) is 17.4. The minimum Gasteiger partial charge on any atom is -0.870 e. The van der Waals surface area contributed by atoms with Gasteiger partial charge in [-0.25, -0.2) is 9.97 Å². The summed E-state index contributed by atoms with van der Waals surface area (Å²) < 4.78 is 4.88. The van der Waals surface area contributed by atoms with Crippen molar-refractivity contribution >= 4 is 91.3 Å². The van der Waals surface area contributed by atoms with E-state index >= 15 is 0 Å². The number of benzene rings is 2. The van der Waals surface area contributed by atoms with Crippen LogP contribution in [0.4, 0.5) is 10.3 Å². The zero-order valence-electron chi connectivity index (χ0n) is 31.7. The maximum atomic E-state index is 11.9. The van der Waals surface area contributed by atoms with Gasteiger partial charge in [0.15, 0.2) is 10.3 Å². The number of rotatable bonds is 10. The van der Waals surface area contributed by atoms with Crippen LogP contribution in [0.5, 0.6) is 0 Å². The summed E-state index contributed by atoms with van der Waals surface area (Å²) in [5.74, 6) is -0.0907. The van der Waals surface area contributed by atoms with Crippen LogP contribution in [0.3, 0.4) is 0 Å². The molecule has 0 radical (unpaired) electrons. The number of hydrogen-bond acceptors (Lipinski definition) is 12. The van der Waals surface area contributed by atoms with Crippen LogP contribution >= 0.6 is 69.1 Å². The molecule has 0 bridgehead atoms. The second kappa shape index (κ2) is 21.6. The van der Waals surface area contributed by atoms with Crippen molar-refractivity contribution in [1.82, 2.24) is 20.6 Å². The first-order chi connectivity index (χ1) is 25.2. The van der Waals surface area contributed by atoms with Crippen LogP contribution in [0.2, 0.25) is 20.1 Å². The number of nitrogens with one attached hydrogen (secondary N) is 2. The van der Waals surface area contributed by atoms with Crippen molar-refractivity contribution in [3.05, 3.63) is 66.2 Å². The predicted molar refractivity (Wildman–Crippen MR) is 222 cm³/mol. The quantitative estimate of drug-likeness (QED) is 0.141. The number of carboxylic acid groups (broad SMARTS) is 1. The topological polar surface area (TPSA) is 150 Å². The summed E-state index contributed by atoms with van der Waals surface area (Å²) in [4.78, 5) is 39.5. The summed E-state index contributed by atoms with van der Waals surface area (Å²) in [5.41, 5.74) is 3.74. The predicted octanol–water partition coefficient (Wildman–Crippen LogP) is 5.27. The van der Waals surface area contributed by atoms with Gasteiger partial charge in [-0.1, -0.05) is 86.2 Å². The van der Waals surface area contributed by atoms with E-state index in [0.29, 0.717) is 58.1 Å². The molecule has 2 aliphatic rings. The number of hydrogen-bond donors (Lipinski definition) is 3. The van der Waals surface area contributed by atoms with E-state index in [1.54, 1.807) is 34.8 Å². The summed E-state index contributed by atoms with van der Waals surface area (Å²) >= 11 is 27.8. The molecule has 18 heteroatoms. The molecule has 55 heavy (non-hydrogen) atoms. The number of piperazine rings is 2. The first-order valence-corrected chi connectivity index (χ1v) is 20.6. The van der Waals surface area contributed by atoms with E-state index in [4.69, 9.17) is 61.1 Å². The van der Waals surface area contributed by atoms with Crippen molar-refractivity contribution in [2.75, 3.05) is 56.2 Å². The molecule has 0 saturated carbocycles. The minimum atomic E-state index is -0.835. The average Bonchev–Trinajstić information content (AvgIpc) is 3.74. The van der Waals surface area contributed by atoms with Crippen LogP contribution in [-0.2, 0) is 27.2 Å². The molecule has 2 aromatic carbocycles. The van der Waals surface area contributed by atoms with Crippen molar-refractivity contribution < 1.29 is 43.8 Å². The molecule has 2 fully saturated rings. The second-order valence-corrected chi connectivity index (χ2v) is 17.5. The summed E-state index contributed by atoms with van der Waals surface area (Å²) in [6.07, 6.45) is 1.83. The van der Waals surface area contributed by atoms with Gasteiger partial charge < -0.3 is 35.8 Å². The molecular formula is C37H45Cl4LiN6O5S2. The Morgan fingerprint density at radius 1 is 0.782 bits per heavy atom. The largest absolute Gasteiger partial charge is 1.00 e. The SMILES string of the molecule is CC(C)Cc1sc(N2CCNC(C(=O)O)C2)nc1-c1ccc(Cl)c(Cl)c1.COC(=O)C1CN(c2nc(-c3ccc(Cl)c(Cl)c3)c(CC(C)C)s2)CCN1.[Li+].[OH-]. The number of carboxylic acids is 1. The molecule has 2 unspecified atom stereocenters. The Labute approximate surface area is 362 Å². The summed E-state index contributed by atoms with van der Waals surface area (Å²) in [6, 6.07) is 10.2. The normalized spacial score (nSPS) is 16.9. The maximum absolute atomic E-state index is 11.9. The Bertz CT molecular complexity index is 1920. The smallest absolute Gasteiger partial charge is 0.870 e. The summed E-state index contributed by atoms with van der Waals surface area (Å²) in [5, 5.41) is 19.3.